The predicted molar refractivity (Wildman–Crippen MR) is 254 cm³/mol. The van der Waals surface area contributed by atoms with Crippen LogP contribution in [0.5, 0.6) is 0 Å². The fourth-order valence-corrected chi connectivity index (χ4v) is 10.8. The van der Waals surface area contributed by atoms with Gasteiger partial charge in [0.05, 0.1) is 33.5 Å². The van der Waals surface area contributed by atoms with Gasteiger partial charge in [-0.2, -0.15) is 0 Å². The molecular formula is C56H34N4S. The summed E-state index contributed by atoms with van der Waals surface area (Å²) in [7, 11) is 0. The highest BCUT2D eigenvalue weighted by Crippen LogP contribution is 2.52. The first-order chi connectivity index (χ1) is 30.3. The Morgan fingerprint density at radius 2 is 0.934 bits per heavy atom. The number of rotatable bonds is 5. The van der Waals surface area contributed by atoms with Gasteiger partial charge in [-0.15, -0.1) is 0 Å². The molecule has 0 saturated heterocycles. The van der Waals surface area contributed by atoms with Crippen LogP contribution in [0.15, 0.2) is 216 Å². The third-order valence-corrected chi connectivity index (χ3v) is 13.5. The maximum atomic E-state index is 5.30. The van der Waals surface area contributed by atoms with Gasteiger partial charge in [-0.25, -0.2) is 9.97 Å². The van der Waals surface area contributed by atoms with Gasteiger partial charge in [-0.3, -0.25) is 4.57 Å². The molecule has 9 aromatic carbocycles. The summed E-state index contributed by atoms with van der Waals surface area (Å²) >= 11 is 1.87. The van der Waals surface area contributed by atoms with Gasteiger partial charge in [0, 0.05) is 53.5 Å². The first-order valence-corrected chi connectivity index (χ1v) is 21.5. The zero-order valence-corrected chi connectivity index (χ0v) is 33.6. The topological polar surface area (TPSA) is 35.6 Å². The molecule has 0 spiro atoms. The van der Waals surface area contributed by atoms with Crippen LogP contribution in [0.1, 0.15) is 0 Å². The molecule has 4 nitrogen and oxygen atoms in total. The number of hydrogen-bond donors (Lipinski definition) is 0. The van der Waals surface area contributed by atoms with Gasteiger partial charge in [0.1, 0.15) is 0 Å². The highest BCUT2D eigenvalue weighted by molar-refractivity contribution is 7.99. The van der Waals surface area contributed by atoms with Crippen LogP contribution in [0, 0.1) is 0 Å². The second kappa shape index (κ2) is 13.4. The lowest BCUT2D eigenvalue weighted by molar-refractivity contribution is 0.995. The number of hydrogen-bond acceptors (Lipinski definition) is 3. The summed E-state index contributed by atoms with van der Waals surface area (Å²) in [6, 6.07) is 74.2. The van der Waals surface area contributed by atoms with Gasteiger partial charge in [0.15, 0.2) is 0 Å². The molecule has 61 heavy (non-hydrogen) atoms. The van der Waals surface area contributed by atoms with E-state index in [1.165, 1.54) is 64.4 Å². The number of aromatic nitrogens is 4. The maximum Gasteiger partial charge on any atom is 0.235 e. The van der Waals surface area contributed by atoms with Crippen molar-refractivity contribution in [1.82, 2.24) is 19.1 Å². The van der Waals surface area contributed by atoms with Crippen LogP contribution < -0.4 is 0 Å². The molecule has 0 aliphatic carbocycles. The largest absolute Gasteiger partial charge is 0.309 e. The Hall–Kier alpha value is -7.73. The summed E-state index contributed by atoms with van der Waals surface area (Å²) in [5.41, 5.74) is 14.4. The van der Waals surface area contributed by atoms with Crippen molar-refractivity contribution in [1.29, 1.82) is 0 Å². The Bertz CT molecular complexity index is 3660. The Morgan fingerprint density at radius 3 is 1.72 bits per heavy atom. The first kappa shape index (κ1) is 34.2. The van der Waals surface area contributed by atoms with Crippen molar-refractivity contribution in [3.8, 4) is 56.4 Å². The lowest BCUT2D eigenvalue weighted by Crippen LogP contribution is -2.04. The van der Waals surface area contributed by atoms with Gasteiger partial charge >= 0.3 is 0 Å². The fraction of sp³-hybridized carbons (Fsp3) is 0. The van der Waals surface area contributed by atoms with E-state index < -0.39 is 0 Å². The molecule has 0 bridgehead atoms. The summed E-state index contributed by atoms with van der Waals surface area (Å²) in [5.74, 6) is 0.643. The van der Waals surface area contributed by atoms with E-state index in [9.17, 15) is 0 Å². The fourth-order valence-electron chi connectivity index (χ4n) is 9.70. The van der Waals surface area contributed by atoms with E-state index in [4.69, 9.17) is 9.97 Å². The van der Waals surface area contributed by atoms with Gasteiger partial charge in [-0.1, -0.05) is 157 Å². The third-order valence-electron chi connectivity index (χ3n) is 12.3. The molecule has 0 saturated carbocycles. The normalized spacial score (nSPS) is 12.2. The van der Waals surface area contributed by atoms with Crippen molar-refractivity contribution in [3.05, 3.63) is 206 Å². The minimum atomic E-state index is 0.643. The van der Waals surface area contributed by atoms with E-state index in [0.29, 0.717) is 5.95 Å². The molecule has 284 valence electrons. The summed E-state index contributed by atoms with van der Waals surface area (Å²) in [6.45, 7) is 0. The van der Waals surface area contributed by atoms with E-state index in [2.05, 4.69) is 203 Å². The van der Waals surface area contributed by atoms with Crippen LogP contribution in [0.2, 0.25) is 0 Å². The van der Waals surface area contributed by atoms with E-state index in [0.717, 1.165) is 50.2 Å². The summed E-state index contributed by atoms with van der Waals surface area (Å²) < 4.78 is 4.70. The summed E-state index contributed by atoms with van der Waals surface area (Å²) in [5, 5.41) is 7.45. The Morgan fingerprint density at radius 1 is 0.328 bits per heavy atom. The van der Waals surface area contributed by atoms with Crippen molar-refractivity contribution in [3.63, 3.8) is 0 Å². The second-order valence-electron chi connectivity index (χ2n) is 15.7. The van der Waals surface area contributed by atoms with Gasteiger partial charge in [-0.05, 0) is 88.3 Å². The molecule has 5 heteroatoms. The molecule has 1 aliphatic heterocycles. The molecule has 0 amide bonds. The maximum absolute atomic E-state index is 5.30. The van der Waals surface area contributed by atoms with Crippen molar-refractivity contribution in [2.75, 3.05) is 0 Å². The van der Waals surface area contributed by atoms with Crippen LogP contribution in [0.25, 0.3) is 111 Å². The van der Waals surface area contributed by atoms with Crippen LogP contribution in [0.4, 0.5) is 0 Å². The van der Waals surface area contributed by atoms with Crippen molar-refractivity contribution in [2.24, 2.45) is 0 Å². The minimum absolute atomic E-state index is 0.643. The molecule has 1 aliphatic rings. The molecular weight excluding hydrogens is 761 g/mol. The highest BCUT2D eigenvalue weighted by atomic mass is 32.2. The summed E-state index contributed by atoms with van der Waals surface area (Å²) in [4.78, 5) is 13.2. The average Bonchev–Trinajstić information content (AvgIpc) is 3.85. The molecule has 12 aromatic rings. The number of nitrogens with zero attached hydrogens (tertiary/aromatic N) is 4. The lowest BCUT2D eigenvalue weighted by atomic mass is 9.93. The second-order valence-corrected chi connectivity index (χ2v) is 16.8. The van der Waals surface area contributed by atoms with Crippen LogP contribution >= 0.6 is 11.8 Å². The lowest BCUT2D eigenvalue weighted by Gasteiger charge is -2.21. The number of fused-ring (bicyclic) bond motifs is 9. The van der Waals surface area contributed by atoms with E-state index in [-0.39, 0.29) is 0 Å². The number of para-hydroxylation sites is 2. The van der Waals surface area contributed by atoms with Crippen LogP contribution in [-0.4, -0.2) is 19.1 Å². The smallest absolute Gasteiger partial charge is 0.235 e. The van der Waals surface area contributed by atoms with E-state index in [1.807, 2.05) is 23.9 Å². The molecule has 0 fully saturated rings. The molecule has 0 N–H and O–H groups in total. The molecule has 0 radical (unpaired) electrons. The predicted octanol–water partition coefficient (Wildman–Crippen LogP) is 15.0. The van der Waals surface area contributed by atoms with Crippen molar-refractivity contribution < 1.29 is 0 Å². The number of benzene rings is 9. The van der Waals surface area contributed by atoms with Crippen LogP contribution in [0.3, 0.4) is 0 Å². The zero-order chi connectivity index (χ0) is 40.0. The standard InChI is InChI=1S/C56H34N4S/c1-4-16-35(17-5-1)45-34-46(36-18-6-2-7-19-36)58-56(57-45)60-47-26-12-10-23-41(47)53-39(24-14-27-49(53)60)37-30-31-48-44(32-37)54-42-25-15-29-52-55(42)43(40-22-11-13-28-51(40)61-52)33-50(54)59(48)38-20-8-3-9-21-38/h1-34H. The molecule has 0 unspecified atom stereocenters. The Labute approximate surface area is 356 Å². The third kappa shape index (κ3) is 5.21. The SMILES string of the molecule is c1ccc(-c2cc(-c3ccccc3)nc(-n3c4ccccc4c4c(-c5ccc6c(c5)c5c7cccc8c7c(cc5n6-c5ccccc5)-c5ccccc5S8)cccc43)n2)cc1. The van der Waals surface area contributed by atoms with Crippen molar-refractivity contribution in [2.45, 2.75) is 9.79 Å². The monoisotopic (exact) mass is 794 g/mol. The quantitative estimate of drug-likeness (QED) is 0.174. The van der Waals surface area contributed by atoms with Gasteiger partial charge in [0.2, 0.25) is 5.95 Å². The molecule has 13 rings (SSSR count). The molecule has 4 heterocycles. The Kier molecular flexibility index (Phi) is 7.50. The Balaban J connectivity index is 1.09. The van der Waals surface area contributed by atoms with Crippen molar-refractivity contribution >= 4 is 66.1 Å². The van der Waals surface area contributed by atoms with Gasteiger partial charge < -0.3 is 4.57 Å². The molecule has 0 atom stereocenters. The molecule has 3 aromatic heterocycles. The zero-order valence-electron chi connectivity index (χ0n) is 32.8. The minimum Gasteiger partial charge on any atom is -0.309 e. The van der Waals surface area contributed by atoms with E-state index >= 15 is 0 Å². The van der Waals surface area contributed by atoms with Gasteiger partial charge in [0.25, 0.3) is 0 Å². The van der Waals surface area contributed by atoms with Crippen LogP contribution in [-0.2, 0) is 0 Å². The van der Waals surface area contributed by atoms with E-state index in [1.54, 1.807) is 0 Å². The first-order valence-electron chi connectivity index (χ1n) is 20.7. The summed E-state index contributed by atoms with van der Waals surface area (Å²) in [6.07, 6.45) is 0. The average molecular weight is 795 g/mol. The highest BCUT2D eigenvalue weighted by Gasteiger charge is 2.25.